The van der Waals surface area contributed by atoms with E-state index in [-0.39, 0.29) is 5.92 Å². The summed E-state index contributed by atoms with van der Waals surface area (Å²) in [4.78, 5) is 2.42. The minimum Gasteiger partial charge on any atom is -0.512 e. The van der Waals surface area contributed by atoms with Crippen LogP contribution in [0, 0.1) is 11.8 Å². The Hall–Kier alpha value is -1.02. The first-order valence-corrected chi connectivity index (χ1v) is 8.07. The van der Waals surface area contributed by atoms with Crippen molar-refractivity contribution in [1.82, 2.24) is 4.90 Å². The van der Waals surface area contributed by atoms with Crippen LogP contribution in [0.1, 0.15) is 45.4 Å². The number of hydrogen-bond donors (Lipinski definition) is 1. The van der Waals surface area contributed by atoms with E-state index in [4.69, 9.17) is 0 Å². The van der Waals surface area contributed by atoms with Gasteiger partial charge in [-0.3, -0.25) is 0 Å². The average molecular weight is 277 g/mol. The lowest BCUT2D eigenvalue weighted by atomic mass is 9.83. The Morgan fingerprint density at radius 3 is 2.70 bits per heavy atom. The van der Waals surface area contributed by atoms with Gasteiger partial charge in [0.05, 0.1) is 5.76 Å². The molecule has 0 aliphatic heterocycles. The molecule has 2 atom stereocenters. The molecule has 2 unspecified atom stereocenters. The molecule has 0 amide bonds. The second kappa shape index (κ2) is 9.82. The molecule has 20 heavy (non-hydrogen) atoms. The van der Waals surface area contributed by atoms with Gasteiger partial charge in [-0.05, 0) is 51.4 Å². The van der Waals surface area contributed by atoms with Crippen molar-refractivity contribution in [3.63, 3.8) is 0 Å². The monoisotopic (exact) mass is 277 g/mol. The quantitative estimate of drug-likeness (QED) is 0.462. The predicted octanol–water partition coefficient (Wildman–Crippen LogP) is 4.71. The zero-order valence-corrected chi connectivity index (χ0v) is 13.2. The lowest BCUT2D eigenvalue weighted by Crippen LogP contribution is -2.20. The minimum atomic E-state index is 0.121. The van der Waals surface area contributed by atoms with Gasteiger partial charge >= 0.3 is 0 Å². The molecule has 0 aromatic carbocycles. The summed E-state index contributed by atoms with van der Waals surface area (Å²) in [6, 6.07) is 0. The molecule has 1 N–H and O–H groups in total. The van der Waals surface area contributed by atoms with Gasteiger partial charge in [-0.1, -0.05) is 44.4 Å². The average Bonchev–Trinajstić information content (AvgIpc) is 2.43. The molecule has 1 rings (SSSR count). The Kier molecular flexibility index (Phi) is 8.36. The van der Waals surface area contributed by atoms with Crippen LogP contribution in [-0.2, 0) is 0 Å². The van der Waals surface area contributed by atoms with Gasteiger partial charge in [0.25, 0.3) is 0 Å². The second-order valence-corrected chi connectivity index (χ2v) is 5.91. The molecule has 0 spiro atoms. The molecule has 0 radical (unpaired) electrons. The number of aliphatic hydroxyl groups is 1. The van der Waals surface area contributed by atoms with Crippen LogP contribution in [0.5, 0.6) is 0 Å². The second-order valence-electron chi connectivity index (χ2n) is 5.91. The van der Waals surface area contributed by atoms with Crippen LogP contribution in [0.3, 0.4) is 0 Å². The number of allylic oxidation sites excluding steroid dienone is 4. The molecule has 2 nitrogen and oxygen atoms in total. The van der Waals surface area contributed by atoms with Crippen molar-refractivity contribution in [3.8, 4) is 0 Å². The molecule has 0 saturated carbocycles. The molecule has 0 heterocycles. The zero-order chi connectivity index (χ0) is 14.8. The van der Waals surface area contributed by atoms with E-state index in [9.17, 15) is 5.11 Å². The van der Waals surface area contributed by atoms with Crippen molar-refractivity contribution in [2.75, 3.05) is 20.1 Å². The van der Waals surface area contributed by atoms with Crippen molar-refractivity contribution >= 4 is 0 Å². The molecule has 1 aliphatic carbocycles. The van der Waals surface area contributed by atoms with Crippen molar-refractivity contribution in [3.05, 3.63) is 36.6 Å². The first-order chi connectivity index (χ1) is 9.69. The highest BCUT2D eigenvalue weighted by atomic mass is 16.3. The van der Waals surface area contributed by atoms with Crippen LogP contribution in [0.4, 0.5) is 0 Å². The van der Waals surface area contributed by atoms with Gasteiger partial charge in [0.1, 0.15) is 0 Å². The van der Waals surface area contributed by atoms with Gasteiger partial charge in [-0.25, -0.2) is 0 Å². The molecule has 0 aromatic rings. The third-order valence-electron chi connectivity index (χ3n) is 4.11. The SMILES string of the molecule is C=CC1C(O)=CC=CC1CCCCCCN(C)CCC. The zero-order valence-electron chi connectivity index (χ0n) is 13.2. The van der Waals surface area contributed by atoms with E-state index in [1.807, 2.05) is 12.2 Å². The van der Waals surface area contributed by atoms with Crippen LogP contribution in [0.15, 0.2) is 36.6 Å². The summed E-state index contributed by atoms with van der Waals surface area (Å²) in [6.45, 7) is 8.50. The summed E-state index contributed by atoms with van der Waals surface area (Å²) < 4.78 is 0. The van der Waals surface area contributed by atoms with Crippen LogP contribution >= 0.6 is 0 Å². The van der Waals surface area contributed by atoms with E-state index in [0.717, 1.165) is 6.42 Å². The summed E-state index contributed by atoms with van der Waals surface area (Å²) in [5.74, 6) is 1.02. The number of aliphatic hydroxyl groups excluding tert-OH is 1. The van der Waals surface area contributed by atoms with Crippen LogP contribution in [0.25, 0.3) is 0 Å². The van der Waals surface area contributed by atoms with Gasteiger partial charge in [0.15, 0.2) is 0 Å². The molecule has 0 bridgehead atoms. The highest BCUT2D eigenvalue weighted by Gasteiger charge is 2.21. The molecular weight excluding hydrogens is 246 g/mol. The summed E-state index contributed by atoms with van der Waals surface area (Å²) in [6.07, 6.45) is 15.4. The van der Waals surface area contributed by atoms with Gasteiger partial charge in [0.2, 0.25) is 0 Å². The number of unbranched alkanes of at least 4 members (excludes halogenated alkanes) is 3. The van der Waals surface area contributed by atoms with Crippen molar-refractivity contribution in [2.45, 2.75) is 45.4 Å². The normalized spacial score (nSPS) is 22.1. The third-order valence-corrected chi connectivity index (χ3v) is 4.11. The van der Waals surface area contributed by atoms with Gasteiger partial charge < -0.3 is 10.0 Å². The fourth-order valence-electron chi connectivity index (χ4n) is 2.93. The van der Waals surface area contributed by atoms with Gasteiger partial charge in [0, 0.05) is 5.92 Å². The smallest absolute Gasteiger partial charge is 0.0996 e. The summed E-state index contributed by atoms with van der Waals surface area (Å²) >= 11 is 0. The van der Waals surface area contributed by atoms with E-state index < -0.39 is 0 Å². The largest absolute Gasteiger partial charge is 0.512 e. The topological polar surface area (TPSA) is 23.5 Å². The molecular formula is C18H31NO. The summed E-state index contributed by atoms with van der Waals surface area (Å²) in [7, 11) is 2.21. The fraction of sp³-hybridized carbons (Fsp3) is 0.667. The van der Waals surface area contributed by atoms with Crippen molar-refractivity contribution < 1.29 is 5.11 Å². The molecule has 0 fully saturated rings. The van der Waals surface area contributed by atoms with E-state index >= 15 is 0 Å². The van der Waals surface area contributed by atoms with E-state index in [2.05, 4.69) is 31.5 Å². The highest BCUT2D eigenvalue weighted by molar-refractivity contribution is 5.21. The molecule has 1 aliphatic rings. The highest BCUT2D eigenvalue weighted by Crippen LogP contribution is 2.29. The number of hydrogen-bond acceptors (Lipinski definition) is 2. The Morgan fingerprint density at radius 1 is 1.25 bits per heavy atom. The predicted molar refractivity (Wildman–Crippen MR) is 87.9 cm³/mol. The van der Waals surface area contributed by atoms with E-state index in [1.165, 1.54) is 45.2 Å². The van der Waals surface area contributed by atoms with Crippen molar-refractivity contribution in [1.29, 1.82) is 0 Å². The third kappa shape index (κ3) is 5.96. The summed E-state index contributed by atoms with van der Waals surface area (Å²) in [5, 5.41) is 9.82. The van der Waals surface area contributed by atoms with E-state index in [0.29, 0.717) is 11.7 Å². The van der Waals surface area contributed by atoms with Crippen LogP contribution in [0.2, 0.25) is 0 Å². The molecule has 0 aromatic heterocycles. The standard InChI is InChI=1S/C18H31NO/c1-4-14-19(3)15-9-7-6-8-11-16-12-10-13-18(20)17(16)5-2/h5,10,12-13,16-17,20H,2,4,6-9,11,14-15H2,1,3H3. The molecule has 2 heteroatoms. The van der Waals surface area contributed by atoms with Gasteiger partial charge in [-0.2, -0.15) is 0 Å². The molecule has 114 valence electrons. The van der Waals surface area contributed by atoms with Crippen LogP contribution < -0.4 is 0 Å². The lowest BCUT2D eigenvalue weighted by molar-refractivity contribution is 0.303. The Balaban J connectivity index is 2.11. The van der Waals surface area contributed by atoms with Crippen molar-refractivity contribution in [2.24, 2.45) is 11.8 Å². The first-order valence-electron chi connectivity index (χ1n) is 8.07. The molecule has 0 saturated heterocycles. The summed E-state index contributed by atoms with van der Waals surface area (Å²) in [5.41, 5.74) is 0. The number of nitrogens with zero attached hydrogens (tertiary/aromatic N) is 1. The van der Waals surface area contributed by atoms with E-state index in [1.54, 1.807) is 6.08 Å². The minimum absolute atomic E-state index is 0.121. The van der Waals surface area contributed by atoms with Crippen LogP contribution in [-0.4, -0.2) is 30.1 Å². The van der Waals surface area contributed by atoms with Gasteiger partial charge in [-0.15, -0.1) is 6.58 Å². The lowest BCUT2D eigenvalue weighted by Gasteiger charge is -2.23. The maximum absolute atomic E-state index is 9.82. The maximum Gasteiger partial charge on any atom is 0.0996 e. The Morgan fingerprint density at radius 2 is 2.00 bits per heavy atom. The Bertz CT molecular complexity index is 332. The first kappa shape index (κ1) is 17.0. The maximum atomic E-state index is 9.82. The number of rotatable bonds is 10. The Labute approximate surface area is 124 Å². The fourth-order valence-corrected chi connectivity index (χ4v) is 2.93.